The zero-order valence-electron chi connectivity index (χ0n) is 26.3. The predicted molar refractivity (Wildman–Crippen MR) is 168 cm³/mol. The van der Waals surface area contributed by atoms with Crippen LogP contribution in [-0.2, 0) is 25.4 Å². The Bertz CT molecular complexity index is 1580. The molecule has 1 N–H and O–H groups in total. The largest absolute Gasteiger partial charge is 0.495 e. The molecule has 2 fully saturated rings. The molecule has 3 heterocycles. The van der Waals surface area contributed by atoms with Gasteiger partial charge in [0.2, 0.25) is 5.75 Å². The summed E-state index contributed by atoms with van der Waals surface area (Å²) in [4.78, 5) is 33.2. The number of piperidine rings is 1. The lowest BCUT2D eigenvalue weighted by Crippen LogP contribution is -2.58. The van der Waals surface area contributed by atoms with Crippen molar-refractivity contribution in [3.05, 3.63) is 45.6 Å². The van der Waals surface area contributed by atoms with Crippen molar-refractivity contribution in [1.29, 1.82) is 0 Å². The van der Waals surface area contributed by atoms with E-state index in [1.807, 2.05) is 6.07 Å². The molecule has 242 valence electrons. The van der Waals surface area contributed by atoms with Crippen molar-refractivity contribution in [2.45, 2.75) is 37.5 Å². The van der Waals surface area contributed by atoms with Gasteiger partial charge in [-0.1, -0.05) is 0 Å². The molecular formula is C33H39BrN2O9. The summed E-state index contributed by atoms with van der Waals surface area (Å²) in [7, 11) is 9.08. The molecule has 2 aliphatic heterocycles. The number of carbonyl (C=O) groups is 2. The number of hydrogen-bond acceptors (Lipinski definition) is 10. The van der Waals surface area contributed by atoms with Gasteiger partial charge in [-0.15, -0.1) is 0 Å². The van der Waals surface area contributed by atoms with Crippen molar-refractivity contribution in [3.63, 3.8) is 0 Å². The standard InChI is InChI=1S/C33H39BrN2O9/c1-39-24-14-22-20(12-21(24)34)18-7-8-36-15-17-11-27(45-32(37)16-9-25(40-2)30(42-4)26(10-16)41-3)31(43-5)28(33(38)44-6)19(17)13-23(36)29(18)35-22/h9-10,12,14,17,19,23,27-28,31,35H,7-8,11,13,15H2,1-6H3. The zero-order chi connectivity index (χ0) is 32.0. The van der Waals surface area contributed by atoms with Gasteiger partial charge in [0.05, 0.1) is 57.5 Å². The van der Waals surface area contributed by atoms with Gasteiger partial charge in [0.1, 0.15) is 18.0 Å². The molecule has 11 nitrogen and oxygen atoms in total. The number of methoxy groups -OCH3 is 6. The number of aromatic nitrogens is 1. The van der Waals surface area contributed by atoms with Gasteiger partial charge in [0.25, 0.3) is 0 Å². The Labute approximate surface area is 270 Å². The van der Waals surface area contributed by atoms with E-state index in [0.29, 0.717) is 23.7 Å². The number of nitrogens with one attached hydrogen (secondary N) is 1. The van der Waals surface area contributed by atoms with Crippen LogP contribution < -0.4 is 18.9 Å². The predicted octanol–water partition coefficient (Wildman–Crippen LogP) is 4.93. The third-order valence-corrected chi connectivity index (χ3v) is 10.4. The molecule has 0 spiro atoms. The first-order valence-electron chi connectivity index (χ1n) is 15.0. The Morgan fingerprint density at radius 1 is 0.911 bits per heavy atom. The molecule has 6 rings (SSSR count). The van der Waals surface area contributed by atoms with Crippen LogP contribution in [0.15, 0.2) is 28.7 Å². The summed E-state index contributed by atoms with van der Waals surface area (Å²) in [5.41, 5.74) is 3.76. The SMILES string of the molecule is COC(=O)C1C2CC3c4[nH]c5cc(OC)c(Br)cc5c4CCN3CC2CC(OC(=O)c2cc(OC)c(OC)c(OC)c2)C1OC. The Kier molecular flexibility index (Phi) is 8.91. The monoisotopic (exact) mass is 686 g/mol. The number of carbonyl (C=O) groups excluding carboxylic acids is 2. The van der Waals surface area contributed by atoms with Crippen LogP contribution in [0.25, 0.3) is 10.9 Å². The fourth-order valence-corrected chi connectivity index (χ4v) is 8.31. The summed E-state index contributed by atoms with van der Waals surface area (Å²) in [6.45, 7) is 1.66. The number of H-pyrrole nitrogens is 1. The van der Waals surface area contributed by atoms with Crippen molar-refractivity contribution < 1.29 is 42.7 Å². The number of hydrogen-bond donors (Lipinski definition) is 1. The maximum absolute atomic E-state index is 13.6. The number of ether oxygens (including phenoxy) is 7. The second-order valence-corrected chi connectivity index (χ2v) is 12.7. The van der Waals surface area contributed by atoms with Crippen LogP contribution in [0.1, 0.15) is 40.5 Å². The first kappa shape index (κ1) is 31.5. The molecule has 12 heteroatoms. The fraction of sp³-hybridized carbons (Fsp3) is 0.515. The van der Waals surface area contributed by atoms with Gasteiger partial charge in [-0.25, -0.2) is 4.79 Å². The summed E-state index contributed by atoms with van der Waals surface area (Å²) in [6.07, 6.45) is 0.863. The van der Waals surface area contributed by atoms with Crippen molar-refractivity contribution in [2.24, 2.45) is 17.8 Å². The average Bonchev–Trinajstić information content (AvgIpc) is 3.42. The van der Waals surface area contributed by atoms with Crippen LogP contribution in [0.4, 0.5) is 0 Å². The molecule has 0 radical (unpaired) electrons. The maximum atomic E-state index is 13.6. The highest BCUT2D eigenvalue weighted by Gasteiger charge is 2.54. The first-order chi connectivity index (χ1) is 21.8. The Hall–Kier alpha value is -3.48. The summed E-state index contributed by atoms with van der Waals surface area (Å²) >= 11 is 3.64. The minimum atomic E-state index is -0.678. The molecule has 45 heavy (non-hydrogen) atoms. The topological polar surface area (TPSA) is 118 Å². The zero-order valence-corrected chi connectivity index (χ0v) is 27.9. The van der Waals surface area contributed by atoms with Crippen molar-refractivity contribution >= 4 is 38.8 Å². The van der Waals surface area contributed by atoms with Crippen LogP contribution in [0.5, 0.6) is 23.0 Å². The van der Waals surface area contributed by atoms with Crippen LogP contribution in [0.2, 0.25) is 0 Å². The molecule has 1 saturated heterocycles. The van der Waals surface area contributed by atoms with Crippen molar-refractivity contribution in [1.82, 2.24) is 9.88 Å². The number of esters is 2. The van der Waals surface area contributed by atoms with Crippen LogP contribution in [-0.4, -0.2) is 89.8 Å². The number of benzene rings is 2. The molecule has 2 aromatic carbocycles. The van der Waals surface area contributed by atoms with Gasteiger partial charge >= 0.3 is 11.9 Å². The molecule has 0 amide bonds. The minimum Gasteiger partial charge on any atom is -0.495 e. The van der Waals surface area contributed by atoms with Crippen molar-refractivity contribution in [3.8, 4) is 23.0 Å². The van der Waals surface area contributed by atoms with E-state index >= 15 is 0 Å². The molecule has 1 saturated carbocycles. The van der Waals surface area contributed by atoms with Crippen molar-refractivity contribution in [2.75, 3.05) is 55.7 Å². The van der Waals surface area contributed by atoms with E-state index in [2.05, 4.69) is 31.9 Å². The summed E-state index contributed by atoms with van der Waals surface area (Å²) < 4.78 is 40.1. The smallest absolute Gasteiger partial charge is 0.338 e. The van der Waals surface area contributed by atoms with Crippen LogP contribution >= 0.6 is 15.9 Å². The molecule has 0 bridgehead atoms. The summed E-state index contributed by atoms with van der Waals surface area (Å²) in [6, 6.07) is 7.37. The van der Waals surface area contributed by atoms with Gasteiger partial charge in [-0.05, 0) is 70.8 Å². The molecular weight excluding hydrogens is 648 g/mol. The lowest BCUT2D eigenvalue weighted by molar-refractivity contribution is -0.176. The number of aromatic amines is 1. The summed E-state index contributed by atoms with van der Waals surface area (Å²) in [5.74, 6) is 0.355. The van der Waals surface area contributed by atoms with Crippen LogP contribution in [0.3, 0.4) is 0 Å². The van der Waals surface area contributed by atoms with Crippen LogP contribution in [0, 0.1) is 17.8 Å². The van der Waals surface area contributed by atoms with E-state index in [9.17, 15) is 9.59 Å². The highest BCUT2D eigenvalue weighted by Crippen LogP contribution is 2.51. The van der Waals surface area contributed by atoms with Gasteiger partial charge in [0, 0.05) is 42.9 Å². The summed E-state index contributed by atoms with van der Waals surface area (Å²) in [5, 5.41) is 1.18. The second kappa shape index (κ2) is 12.7. The van der Waals surface area contributed by atoms with Gasteiger partial charge in [-0.3, -0.25) is 9.69 Å². The molecule has 3 aromatic rings. The first-order valence-corrected chi connectivity index (χ1v) is 15.8. The van der Waals surface area contributed by atoms with Gasteiger partial charge in [0.15, 0.2) is 11.5 Å². The molecule has 1 aromatic heterocycles. The third kappa shape index (κ3) is 5.40. The van der Waals surface area contributed by atoms with E-state index in [1.165, 1.54) is 45.1 Å². The Morgan fingerprint density at radius 3 is 2.24 bits per heavy atom. The number of halogens is 1. The van der Waals surface area contributed by atoms with E-state index in [1.54, 1.807) is 26.4 Å². The quantitative estimate of drug-likeness (QED) is 0.327. The van der Waals surface area contributed by atoms with Gasteiger partial charge in [-0.2, -0.15) is 0 Å². The average molecular weight is 688 g/mol. The molecule has 6 unspecified atom stereocenters. The van der Waals surface area contributed by atoms with E-state index in [0.717, 1.165) is 41.7 Å². The fourth-order valence-electron chi connectivity index (χ4n) is 7.81. The number of rotatable bonds is 8. The molecule has 3 aliphatic rings. The van der Waals surface area contributed by atoms with E-state index < -0.39 is 24.1 Å². The lowest BCUT2D eigenvalue weighted by Gasteiger charge is -2.52. The molecule has 6 atom stereocenters. The Morgan fingerprint density at radius 2 is 1.62 bits per heavy atom. The lowest BCUT2D eigenvalue weighted by atomic mass is 9.63. The number of nitrogens with zero attached hydrogens (tertiary/aromatic N) is 1. The molecule has 1 aliphatic carbocycles. The number of fused-ring (bicyclic) bond motifs is 6. The third-order valence-electron chi connectivity index (χ3n) is 9.83. The normalized spacial score (nSPS) is 25.8. The second-order valence-electron chi connectivity index (χ2n) is 11.8. The van der Waals surface area contributed by atoms with E-state index in [4.69, 9.17) is 33.2 Å². The maximum Gasteiger partial charge on any atom is 0.338 e. The van der Waals surface area contributed by atoms with E-state index in [-0.39, 0.29) is 29.4 Å². The van der Waals surface area contributed by atoms with Gasteiger partial charge < -0.3 is 38.1 Å². The Balaban J connectivity index is 1.30. The minimum absolute atomic E-state index is 0.0292. The highest BCUT2D eigenvalue weighted by molar-refractivity contribution is 9.10. The highest BCUT2D eigenvalue weighted by atomic mass is 79.9.